The Morgan fingerprint density at radius 1 is 1.05 bits per heavy atom. The summed E-state index contributed by atoms with van der Waals surface area (Å²) >= 11 is 0. The Morgan fingerprint density at radius 2 is 1.89 bits per heavy atom. The van der Waals surface area contributed by atoms with Crippen LogP contribution in [0.5, 0.6) is 0 Å². The number of amides is 1. The molecule has 0 unspecified atom stereocenters. The van der Waals surface area contributed by atoms with Crippen LogP contribution in [-0.2, 0) is 12.0 Å². The fourth-order valence-electron chi connectivity index (χ4n) is 4.74. The fourth-order valence-corrected chi connectivity index (χ4v) is 4.74. The summed E-state index contributed by atoms with van der Waals surface area (Å²) in [6.07, 6.45) is 8.52. The monoisotopic (exact) mass is 584 g/mol. The summed E-state index contributed by atoms with van der Waals surface area (Å²) in [5.41, 5.74) is 6.26. The van der Waals surface area contributed by atoms with Crippen molar-refractivity contribution in [2.45, 2.75) is 39.2 Å². The van der Waals surface area contributed by atoms with Gasteiger partial charge in [-0.15, -0.1) is 0 Å². The van der Waals surface area contributed by atoms with Crippen molar-refractivity contribution in [1.82, 2.24) is 24.1 Å². The molecule has 0 saturated heterocycles. The highest BCUT2D eigenvalue weighted by atomic mass is 16.1. The van der Waals surface area contributed by atoms with Crippen LogP contribution in [0.4, 0.5) is 17.1 Å². The summed E-state index contributed by atoms with van der Waals surface area (Å²) in [5.74, 6) is 6.23. The molecule has 0 fully saturated rings. The summed E-state index contributed by atoms with van der Waals surface area (Å²) in [6, 6.07) is 19.1. The van der Waals surface area contributed by atoms with Crippen LogP contribution in [0.25, 0.3) is 5.65 Å². The third kappa shape index (κ3) is 6.97. The first-order valence-corrected chi connectivity index (χ1v) is 14.5. The highest BCUT2D eigenvalue weighted by molar-refractivity contribution is 6.04. The van der Waals surface area contributed by atoms with Gasteiger partial charge in [0.05, 0.1) is 35.3 Å². The highest BCUT2D eigenvalue weighted by Gasteiger charge is 2.20. The van der Waals surface area contributed by atoms with E-state index in [4.69, 9.17) is 0 Å². The van der Waals surface area contributed by atoms with Gasteiger partial charge in [-0.1, -0.05) is 24.1 Å². The first kappa shape index (κ1) is 30.1. The maximum atomic E-state index is 13.1. The third-order valence-corrected chi connectivity index (χ3v) is 7.39. The third-order valence-electron chi connectivity index (χ3n) is 7.39. The fraction of sp³-hybridized carbons (Fsp3) is 0.257. The number of aromatic nitrogens is 4. The molecule has 0 saturated carbocycles. The topological polar surface area (TPSA) is 103 Å². The second-order valence-corrected chi connectivity index (χ2v) is 11.6. The number of nitrogens with one attached hydrogen (secondary N) is 2. The number of carbonyl (C=O) groups is 1. The van der Waals surface area contributed by atoms with Gasteiger partial charge in [-0.25, -0.2) is 4.98 Å². The smallest absolute Gasteiger partial charge is 0.255 e. The van der Waals surface area contributed by atoms with Gasteiger partial charge in [0.15, 0.2) is 5.65 Å². The number of aryl methyl sites for hydroxylation is 2. The van der Waals surface area contributed by atoms with Crippen LogP contribution in [-0.4, -0.2) is 50.6 Å². The molecule has 0 aliphatic carbocycles. The van der Waals surface area contributed by atoms with Crippen LogP contribution in [0, 0.1) is 30.1 Å². The number of anilines is 3. The SMILES string of the molecule is Cc1ccc(C(=O)Nc2cccc(C(C)(C)C#N)c2)cc1C#Cc1cnc2c(Nc3cnn(CCCN(C)C)c3)cccn12. The molecule has 0 radical (unpaired) electrons. The minimum Gasteiger partial charge on any atom is -0.350 e. The molecule has 5 aromatic rings. The van der Waals surface area contributed by atoms with Gasteiger partial charge in [-0.3, -0.25) is 13.9 Å². The molecule has 0 bridgehead atoms. The molecule has 0 aliphatic rings. The van der Waals surface area contributed by atoms with E-state index in [0.29, 0.717) is 11.3 Å². The Kier molecular flexibility index (Phi) is 8.80. The number of nitriles is 1. The molecule has 3 heterocycles. The van der Waals surface area contributed by atoms with E-state index in [1.807, 2.05) is 90.9 Å². The molecule has 0 atom stereocenters. The van der Waals surface area contributed by atoms with E-state index in [0.717, 1.165) is 58.9 Å². The maximum absolute atomic E-state index is 13.1. The molecule has 2 aromatic carbocycles. The van der Waals surface area contributed by atoms with Gasteiger partial charge < -0.3 is 15.5 Å². The van der Waals surface area contributed by atoms with E-state index in [2.05, 4.69) is 57.6 Å². The van der Waals surface area contributed by atoms with E-state index in [1.165, 1.54) is 0 Å². The van der Waals surface area contributed by atoms with Crippen LogP contribution in [0.3, 0.4) is 0 Å². The average molecular weight is 585 g/mol. The zero-order valence-corrected chi connectivity index (χ0v) is 25.7. The Hall–Kier alpha value is -5.38. The summed E-state index contributed by atoms with van der Waals surface area (Å²) in [4.78, 5) is 19.9. The normalized spacial score (nSPS) is 11.2. The molecule has 5 rings (SSSR count). The molecule has 0 aliphatic heterocycles. The van der Waals surface area contributed by atoms with Crippen molar-refractivity contribution < 1.29 is 4.79 Å². The molecule has 3 aromatic heterocycles. The molecule has 9 heteroatoms. The lowest BCUT2D eigenvalue weighted by atomic mass is 9.86. The van der Waals surface area contributed by atoms with Gasteiger partial charge in [0, 0.05) is 35.8 Å². The van der Waals surface area contributed by atoms with E-state index in [-0.39, 0.29) is 5.91 Å². The molecular weight excluding hydrogens is 548 g/mol. The second-order valence-electron chi connectivity index (χ2n) is 11.6. The van der Waals surface area contributed by atoms with Crippen molar-refractivity contribution in [3.05, 3.63) is 107 Å². The number of hydrogen-bond acceptors (Lipinski definition) is 6. The number of benzene rings is 2. The Morgan fingerprint density at radius 3 is 2.68 bits per heavy atom. The second kappa shape index (κ2) is 12.9. The number of imidazole rings is 1. The molecule has 1 amide bonds. The van der Waals surface area contributed by atoms with Crippen molar-refractivity contribution >= 4 is 28.6 Å². The van der Waals surface area contributed by atoms with Crippen molar-refractivity contribution in [3.8, 4) is 17.9 Å². The zero-order chi connectivity index (χ0) is 31.3. The summed E-state index contributed by atoms with van der Waals surface area (Å²) < 4.78 is 3.89. The van der Waals surface area contributed by atoms with Gasteiger partial charge in [0.1, 0.15) is 5.69 Å². The summed E-state index contributed by atoms with van der Waals surface area (Å²) in [5, 5.41) is 20.3. The van der Waals surface area contributed by atoms with Crippen LogP contribution in [0.1, 0.15) is 53.0 Å². The van der Waals surface area contributed by atoms with Crippen molar-refractivity contribution in [3.63, 3.8) is 0 Å². The number of fused-ring (bicyclic) bond motifs is 1. The standard InChI is InChI=1S/C35H36N8O/c1-25-12-13-27(34(44)40-29-10-6-9-28(20-29)35(2,3)24-36)19-26(25)14-15-31-22-37-33-32(11-7-18-43(31)33)39-30-21-38-42(23-30)17-8-16-41(4)5/h6-7,9-13,18-23,39H,8,16-17H2,1-5H3,(H,40,44). The Balaban J connectivity index is 1.32. The molecule has 0 spiro atoms. The quantitative estimate of drug-likeness (QED) is 0.206. The van der Waals surface area contributed by atoms with Gasteiger partial charge in [-0.2, -0.15) is 10.4 Å². The molecule has 44 heavy (non-hydrogen) atoms. The predicted octanol–water partition coefficient (Wildman–Crippen LogP) is 5.99. The number of pyridine rings is 1. The van der Waals surface area contributed by atoms with Crippen LogP contribution in [0.15, 0.2) is 79.4 Å². The largest absolute Gasteiger partial charge is 0.350 e. The lowest BCUT2D eigenvalue weighted by Gasteiger charge is -2.17. The van der Waals surface area contributed by atoms with Gasteiger partial charge in [0.2, 0.25) is 0 Å². The van der Waals surface area contributed by atoms with E-state index in [9.17, 15) is 10.1 Å². The predicted molar refractivity (Wildman–Crippen MR) is 174 cm³/mol. The molecular formula is C35H36N8O. The molecule has 2 N–H and O–H groups in total. The Labute approximate surface area is 258 Å². The van der Waals surface area contributed by atoms with Gasteiger partial charge in [0.25, 0.3) is 5.91 Å². The minimum absolute atomic E-state index is 0.244. The molecule has 222 valence electrons. The molecule has 9 nitrogen and oxygen atoms in total. The lowest BCUT2D eigenvalue weighted by Crippen LogP contribution is -2.16. The zero-order valence-electron chi connectivity index (χ0n) is 25.7. The van der Waals surface area contributed by atoms with Crippen LogP contribution < -0.4 is 10.6 Å². The van der Waals surface area contributed by atoms with Crippen molar-refractivity contribution in [1.29, 1.82) is 5.26 Å². The van der Waals surface area contributed by atoms with Crippen LogP contribution >= 0.6 is 0 Å². The van der Waals surface area contributed by atoms with Crippen molar-refractivity contribution in [2.24, 2.45) is 0 Å². The van der Waals surface area contributed by atoms with Gasteiger partial charge >= 0.3 is 0 Å². The number of rotatable bonds is 9. The number of nitrogens with zero attached hydrogens (tertiary/aromatic N) is 6. The van der Waals surface area contributed by atoms with E-state index >= 15 is 0 Å². The lowest BCUT2D eigenvalue weighted by molar-refractivity contribution is 0.102. The number of hydrogen-bond donors (Lipinski definition) is 2. The van der Waals surface area contributed by atoms with Crippen molar-refractivity contribution in [2.75, 3.05) is 31.3 Å². The Bertz CT molecular complexity index is 1910. The first-order chi connectivity index (χ1) is 21.1. The maximum Gasteiger partial charge on any atom is 0.255 e. The number of carbonyl (C=O) groups excluding carboxylic acids is 1. The van der Waals surface area contributed by atoms with Gasteiger partial charge in [-0.05, 0) is 101 Å². The summed E-state index contributed by atoms with van der Waals surface area (Å²) in [7, 11) is 4.14. The van der Waals surface area contributed by atoms with E-state index in [1.54, 1.807) is 18.3 Å². The summed E-state index contributed by atoms with van der Waals surface area (Å²) in [6.45, 7) is 7.53. The highest BCUT2D eigenvalue weighted by Crippen LogP contribution is 2.25. The first-order valence-electron chi connectivity index (χ1n) is 14.5. The minimum atomic E-state index is -0.656. The van der Waals surface area contributed by atoms with Crippen LogP contribution in [0.2, 0.25) is 0 Å². The average Bonchev–Trinajstić information content (AvgIpc) is 3.64. The van der Waals surface area contributed by atoms with E-state index < -0.39 is 5.41 Å².